The van der Waals surface area contributed by atoms with E-state index >= 15 is 0 Å². The SMILES string of the molecule is CN1CCCC(CO)(Cc2cccc(Cl)c2)C1. The second kappa shape index (κ2) is 5.38. The maximum atomic E-state index is 9.73. The molecule has 1 heterocycles. The zero-order chi connectivity index (χ0) is 12.3. The predicted octanol–water partition coefficient (Wildman–Crippen LogP) is 2.59. The van der Waals surface area contributed by atoms with Crippen LogP contribution in [0.2, 0.25) is 5.02 Å². The molecule has 0 amide bonds. The Kier molecular flexibility index (Phi) is 4.08. The summed E-state index contributed by atoms with van der Waals surface area (Å²) in [5.41, 5.74) is 1.24. The lowest BCUT2D eigenvalue weighted by Crippen LogP contribution is -2.44. The van der Waals surface area contributed by atoms with Crippen LogP contribution in [0.15, 0.2) is 24.3 Å². The fourth-order valence-electron chi connectivity index (χ4n) is 2.86. The summed E-state index contributed by atoms with van der Waals surface area (Å²) in [5, 5.41) is 10.5. The normalized spacial score (nSPS) is 26.1. The third kappa shape index (κ3) is 3.21. The third-order valence-corrected chi connectivity index (χ3v) is 3.89. The van der Waals surface area contributed by atoms with Gasteiger partial charge in [-0.25, -0.2) is 0 Å². The van der Waals surface area contributed by atoms with Gasteiger partial charge in [0.25, 0.3) is 0 Å². The number of piperidine rings is 1. The van der Waals surface area contributed by atoms with Crippen LogP contribution in [0.5, 0.6) is 0 Å². The number of rotatable bonds is 3. The second-order valence-electron chi connectivity index (χ2n) is 5.31. The van der Waals surface area contributed by atoms with Crippen molar-refractivity contribution in [2.24, 2.45) is 5.41 Å². The number of halogens is 1. The summed E-state index contributed by atoms with van der Waals surface area (Å²) in [6.45, 7) is 2.36. The molecule has 1 aromatic rings. The van der Waals surface area contributed by atoms with Crippen molar-refractivity contribution in [2.75, 3.05) is 26.7 Å². The van der Waals surface area contributed by atoms with Crippen LogP contribution in [0.1, 0.15) is 18.4 Å². The van der Waals surface area contributed by atoms with Gasteiger partial charge in [-0.3, -0.25) is 0 Å². The number of likely N-dealkylation sites (tertiary alicyclic amines) is 1. The molecule has 17 heavy (non-hydrogen) atoms. The first-order valence-electron chi connectivity index (χ1n) is 6.17. The Morgan fingerprint density at radius 3 is 2.94 bits per heavy atom. The van der Waals surface area contributed by atoms with Crippen LogP contribution in [-0.2, 0) is 6.42 Å². The van der Waals surface area contributed by atoms with Crippen LogP contribution in [0.3, 0.4) is 0 Å². The Hall–Kier alpha value is -0.570. The van der Waals surface area contributed by atoms with Crippen LogP contribution in [0.25, 0.3) is 0 Å². The summed E-state index contributed by atoms with van der Waals surface area (Å²) in [5.74, 6) is 0. The van der Waals surface area contributed by atoms with Crippen molar-refractivity contribution in [2.45, 2.75) is 19.3 Å². The Balaban J connectivity index is 2.13. The zero-order valence-electron chi connectivity index (χ0n) is 10.3. The van der Waals surface area contributed by atoms with Gasteiger partial charge in [0.1, 0.15) is 0 Å². The lowest BCUT2D eigenvalue weighted by molar-refractivity contribution is 0.0439. The van der Waals surface area contributed by atoms with E-state index in [0.29, 0.717) is 0 Å². The van der Waals surface area contributed by atoms with Gasteiger partial charge in [0, 0.05) is 17.0 Å². The molecule has 1 aliphatic rings. The molecule has 0 aliphatic carbocycles. The smallest absolute Gasteiger partial charge is 0.0502 e. The highest BCUT2D eigenvalue weighted by molar-refractivity contribution is 6.30. The quantitative estimate of drug-likeness (QED) is 0.895. The van der Waals surface area contributed by atoms with Crippen molar-refractivity contribution in [1.29, 1.82) is 0 Å². The fourth-order valence-corrected chi connectivity index (χ4v) is 3.08. The van der Waals surface area contributed by atoms with Crippen molar-refractivity contribution in [3.8, 4) is 0 Å². The number of benzene rings is 1. The summed E-state index contributed by atoms with van der Waals surface area (Å²) < 4.78 is 0. The molecule has 1 atom stereocenters. The number of nitrogens with zero attached hydrogens (tertiary/aromatic N) is 1. The summed E-state index contributed by atoms with van der Waals surface area (Å²) in [4.78, 5) is 2.31. The minimum atomic E-state index is 0.0116. The van der Waals surface area contributed by atoms with E-state index in [4.69, 9.17) is 11.6 Å². The molecule has 3 heteroatoms. The van der Waals surface area contributed by atoms with Crippen molar-refractivity contribution < 1.29 is 5.11 Å². The van der Waals surface area contributed by atoms with Gasteiger partial charge in [0.2, 0.25) is 0 Å². The van der Waals surface area contributed by atoms with E-state index in [1.54, 1.807) is 0 Å². The van der Waals surface area contributed by atoms with Gasteiger partial charge in [-0.1, -0.05) is 23.7 Å². The molecule has 1 fully saturated rings. The minimum absolute atomic E-state index is 0.0116. The monoisotopic (exact) mass is 253 g/mol. The lowest BCUT2D eigenvalue weighted by atomic mass is 9.76. The first-order chi connectivity index (χ1) is 8.13. The molecule has 94 valence electrons. The lowest BCUT2D eigenvalue weighted by Gasteiger charge is -2.40. The molecule has 0 spiro atoms. The van der Waals surface area contributed by atoms with Crippen LogP contribution < -0.4 is 0 Å². The van der Waals surface area contributed by atoms with Crippen molar-refractivity contribution in [3.63, 3.8) is 0 Å². The largest absolute Gasteiger partial charge is 0.396 e. The molecule has 1 unspecified atom stereocenters. The number of hydrogen-bond donors (Lipinski definition) is 1. The highest BCUT2D eigenvalue weighted by Gasteiger charge is 2.33. The Bertz CT molecular complexity index is 382. The average molecular weight is 254 g/mol. The average Bonchev–Trinajstić information content (AvgIpc) is 2.29. The molecular formula is C14H20ClNO. The molecule has 1 saturated heterocycles. The second-order valence-corrected chi connectivity index (χ2v) is 5.74. The van der Waals surface area contributed by atoms with Gasteiger partial charge in [0.15, 0.2) is 0 Å². The first-order valence-corrected chi connectivity index (χ1v) is 6.55. The van der Waals surface area contributed by atoms with Gasteiger partial charge in [0.05, 0.1) is 6.61 Å². The van der Waals surface area contributed by atoms with E-state index in [0.717, 1.165) is 37.4 Å². The maximum Gasteiger partial charge on any atom is 0.0502 e. The van der Waals surface area contributed by atoms with Crippen LogP contribution in [0, 0.1) is 5.41 Å². The van der Waals surface area contributed by atoms with E-state index in [1.807, 2.05) is 18.2 Å². The van der Waals surface area contributed by atoms with Crippen LogP contribution in [-0.4, -0.2) is 36.8 Å². The maximum absolute atomic E-state index is 9.73. The van der Waals surface area contributed by atoms with E-state index in [-0.39, 0.29) is 12.0 Å². The predicted molar refractivity (Wildman–Crippen MR) is 71.4 cm³/mol. The topological polar surface area (TPSA) is 23.5 Å². The first kappa shape index (κ1) is 12.9. The standard InChI is InChI=1S/C14H20ClNO/c1-16-7-3-6-14(10-16,11-17)9-12-4-2-5-13(15)8-12/h2,4-5,8,17H,3,6-7,9-11H2,1H3. The van der Waals surface area contributed by atoms with Gasteiger partial charge in [-0.15, -0.1) is 0 Å². The Morgan fingerprint density at radius 1 is 1.47 bits per heavy atom. The van der Waals surface area contributed by atoms with Gasteiger partial charge in [-0.05, 0) is 50.6 Å². The Labute approximate surface area is 108 Å². The molecule has 0 bridgehead atoms. The molecule has 0 radical (unpaired) electrons. The number of aliphatic hydroxyl groups excluding tert-OH is 1. The minimum Gasteiger partial charge on any atom is -0.396 e. The molecular weight excluding hydrogens is 234 g/mol. The molecule has 2 rings (SSSR count). The number of hydrogen-bond acceptors (Lipinski definition) is 2. The van der Waals surface area contributed by atoms with Crippen LogP contribution in [0.4, 0.5) is 0 Å². The summed E-state index contributed by atoms with van der Waals surface area (Å²) in [6, 6.07) is 7.98. The summed E-state index contributed by atoms with van der Waals surface area (Å²) in [6.07, 6.45) is 3.17. The zero-order valence-corrected chi connectivity index (χ0v) is 11.1. The molecule has 0 saturated carbocycles. The van der Waals surface area contributed by atoms with Crippen molar-refractivity contribution in [3.05, 3.63) is 34.9 Å². The third-order valence-electron chi connectivity index (χ3n) is 3.66. The van der Waals surface area contributed by atoms with Crippen molar-refractivity contribution >= 4 is 11.6 Å². The van der Waals surface area contributed by atoms with E-state index in [1.165, 1.54) is 5.56 Å². The van der Waals surface area contributed by atoms with Gasteiger partial charge < -0.3 is 10.0 Å². The van der Waals surface area contributed by atoms with E-state index in [9.17, 15) is 5.11 Å². The highest BCUT2D eigenvalue weighted by atomic mass is 35.5. The summed E-state index contributed by atoms with van der Waals surface area (Å²) >= 11 is 6.01. The van der Waals surface area contributed by atoms with Crippen molar-refractivity contribution in [1.82, 2.24) is 4.90 Å². The highest BCUT2D eigenvalue weighted by Crippen LogP contribution is 2.33. The molecule has 1 aliphatic heterocycles. The van der Waals surface area contributed by atoms with E-state index < -0.39 is 0 Å². The van der Waals surface area contributed by atoms with Crippen LogP contribution >= 0.6 is 11.6 Å². The Morgan fingerprint density at radius 2 is 2.29 bits per heavy atom. The van der Waals surface area contributed by atoms with E-state index in [2.05, 4.69) is 18.0 Å². The molecule has 1 aromatic carbocycles. The molecule has 2 nitrogen and oxygen atoms in total. The molecule has 1 N–H and O–H groups in total. The summed E-state index contributed by atoms with van der Waals surface area (Å²) in [7, 11) is 2.13. The van der Waals surface area contributed by atoms with Gasteiger partial charge in [-0.2, -0.15) is 0 Å². The fraction of sp³-hybridized carbons (Fsp3) is 0.571. The molecule has 0 aromatic heterocycles. The number of aliphatic hydroxyl groups is 1. The van der Waals surface area contributed by atoms with Gasteiger partial charge >= 0.3 is 0 Å².